The van der Waals surface area contributed by atoms with Crippen LogP contribution in [0.3, 0.4) is 0 Å². The molecule has 1 aromatic carbocycles. The predicted octanol–water partition coefficient (Wildman–Crippen LogP) is 4.00. The second-order valence-corrected chi connectivity index (χ2v) is 3.36. The molecule has 1 nitrogen and oxygen atoms in total. The molecule has 7 heteroatoms. The highest BCUT2D eigenvalue weighted by molar-refractivity contribution is 5.24. The minimum absolute atomic E-state index is 0.265. The molecule has 0 heterocycles. The van der Waals surface area contributed by atoms with Crippen LogP contribution in [0.5, 0.6) is 5.75 Å². The van der Waals surface area contributed by atoms with Crippen LogP contribution in [0.2, 0.25) is 0 Å². The molecule has 0 radical (unpaired) electrons. The number of rotatable bonds is 3. The smallest absolute Gasteiger partial charge is 0.409 e. The summed E-state index contributed by atoms with van der Waals surface area (Å²) in [5, 5.41) is 0. The lowest BCUT2D eigenvalue weighted by Crippen LogP contribution is -2.41. The molecular formula is C10H8F6O. The molecule has 0 aliphatic heterocycles. The van der Waals surface area contributed by atoms with E-state index in [1.807, 2.05) is 0 Å². The fourth-order valence-corrected chi connectivity index (χ4v) is 0.953. The van der Waals surface area contributed by atoms with Crippen LogP contribution in [0, 0.1) is 11.7 Å². The molecule has 0 saturated carbocycles. The predicted molar refractivity (Wildman–Crippen MR) is 47.2 cm³/mol. The zero-order chi connectivity index (χ0) is 13.3. The van der Waals surface area contributed by atoms with Gasteiger partial charge in [0.05, 0.1) is 0 Å². The van der Waals surface area contributed by atoms with Crippen LogP contribution in [0.25, 0.3) is 0 Å². The van der Waals surface area contributed by atoms with Crippen molar-refractivity contribution in [1.29, 1.82) is 0 Å². The minimum Gasteiger partial charge on any atom is -0.429 e. The average Bonchev–Trinajstić information content (AvgIpc) is 2.19. The molecule has 0 spiro atoms. The topological polar surface area (TPSA) is 9.23 Å². The normalized spacial score (nSPS) is 14.5. The van der Waals surface area contributed by atoms with E-state index in [9.17, 15) is 26.3 Å². The Morgan fingerprint density at radius 2 is 1.59 bits per heavy atom. The summed E-state index contributed by atoms with van der Waals surface area (Å²) in [6.45, 7) is 0.265. The van der Waals surface area contributed by atoms with Gasteiger partial charge in [-0.2, -0.15) is 22.0 Å². The number of benzene rings is 1. The lowest BCUT2D eigenvalue weighted by molar-refractivity contribution is -0.298. The highest BCUT2D eigenvalue weighted by Gasteiger charge is 2.55. The van der Waals surface area contributed by atoms with Crippen molar-refractivity contribution in [3.05, 3.63) is 30.1 Å². The quantitative estimate of drug-likeness (QED) is 0.745. The molecule has 96 valence electrons. The first-order valence-electron chi connectivity index (χ1n) is 4.52. The summed E-state index contributed by atoms with van der Waals surface area (Å²) in [5.41, 5.74) is 0. The van der Waals surface area contributed by atoms with Gasteiger partial charge in [0.2, 0.25) is 0 Å². The Labute approximate surface area is 93.0 Å². The van der Waals surface area contributed by atoms with Crippen LogP contribution in [0.15, 0.2) is 24.3 Å². The van der Waals surface area contributed by atoms with Gasteiger partial charge < -0.3 is 4.74 Å². The van der Waals surface area contributed by atoms with Gasteiger partial charge in [-0.05, 0) is 19.1 Å². The highest BCUT2D eigenvalue weighted by Crippen LogP contribution is 2.39. The Balaban J connectivity index is 2.90. The first-order chi connectivity index (χ1) is 7.64. The van der Waals surface area contributed by atoms with E-state index < -0.39 is 29.8 Å². The van der Waals surface area contributed by atoms with Crippen molar-refractivity contribution in [2.45, 2.75) is 19.2 Å². The van der Waals surface area contributed by atoms with Crippen LogP contribution < -0.4 is 4.74 Å². The number of hydrogen-bond acceptors (Lipinski definition) is 1. The fraction of sp³-hybridized carbons (Fsp3) is 0.400. The maximum atomic E-state index is 13.1. The highest BCUT2D eigenvalue weighted by atomic mass is 19.4. The van der Waals surface area contributed by atoms with E-state index in [1.165, 1.54) is 12.1 Å². The second-order valence-electron chi connectivity index (χ2n) is 3.36. The molecule has 0 aliphatic rings. The molecule has 1 aromatic rings. The van der Waals surface area contributed by atoms with Crippen molar-refractivity contribution < 1.29 is 31.1 Å². The van der Waals surface area contributed by atoms with E-state index in [2.05, 4.69) is 4.74 Å². The Morgan fingerprint density at radius 1 is 1.06 bits per heavy atom. The Bertz CT molecular complexity index is 387. The summed E-state index contributed by atoms with van der Waals surface area (Å²) in [6.07, 6.45) is -9.66. The van der Waals surface area contributed by atoms with Gasteiger partial charge in [0.25, 0.3) is 0 Å². The lowest BCUT2D eigenvalue weighted by atomic mass is 10.1. The van der Waals surface area contributed by atoms with E-state index in [1.54, 1.807) is 0 Å². The summed E-state index contributed by atoms with van der Waals surface area (Å²) in [5.74, 6) is -5.11. The van der Waals surface area contributed by atoms with Crippen molar-refractivity contribution in [3.63, 3.8) is 0 Å². The first-order valence-corrected chi connectivity index (χ1v) is 4.52. The number of hydrogen-bond donors (Lipinski definition) is 0. The zero-order valence-electron chi connectivity index (χ0n) is 8.56. The van der Waals surface area contributed by atoms with E-state index >= 15 is 0 Å². The maximum absolute atomic E-state index is 13.1. The Kier molecular flexibility index (Phi) is 3.59. The van der Waals surface area contributed by atoms with Crippen LogP contribution in [0.1, 0.15) is 6.92 Å². The summed E-state index contributed by atoms with van der Waals surface area (Å²) >= 11 is 0. The maximum Gasteiger partial charge on any atom is 0.409 e. The molecule has 1 unspecified atom stereocenters. The van der Waals surface area contributed by atoms with Crippen molar-refractivity contribution in [3.8, 4) is 5.75 Å². The number of halogens is 6. The summed E-state index contributed by atoms with van der Waals surface area (Å²) in [7, 11) is 0. The third-order valence-electron chi connectivity index (χ3n) is 2.08. The molecule has 1 rings (SSSR count). The Morgan fingerprint density at radius 3 is 2.06 bits per heavy atom. The second kappa shape index (κ2) is 4.46. The van der Waals surface area contributed by atoms with Crippen molar-refractivity contribution in [2.24, 2.45) is 5.92 Å². The van der Waals surface area contributed by atoms with Crippen LogP contribution in [-0.4, -0.2) is 12.3 Å². The molecule has 0 aromatic heterocycles. The molecule has 1 atom stereocenters. The van der Waals surface area contributed by atoms with Gasteiger partial charge in [-0.15, -0.1) is 0 Å². The van der Waals surface area contributed by atoms with Gasteiger partial charge >= 0.3 is 12.3 Å². The molecule has 0 aliphatic carbocycles. The lowest BCUT2D eigenvalue weighted by Gasteiger charge is -2.25. The van der Waals surface area contributed by atoms with E-state index in [4.69, 9.17) is 0 Å². The molecular weight excluding hydrogens is 250 g/mol. The number of para-hydroxylation sites is 1. The van der Waals surface area contributed by atoms with E-state index in [0.717, 1.165) is 12.1 Å². The zero-order valence-corrected chi connectivity index (χ0v) is 8.56. The third kappa shape index (κ3) is 3.28. The van der Waals surface area contributed by atoms with Gasteiger partial charge in [0.1, 0.15) is 0 Å². The summed E-state index contributed by atoms with van der Waals surface area (Å²) < 4.78 is 79.2. The molecule has 0 fully saturated rings. The molecule has 0 amide bonds. The van der Waals surface area contributed by atoms with Crippen molar-refractivity contribution in [1.82, 2.24) is 0 Å². The minimum atomic E-state index is -5.13. The molecule has 0 saturated heterocycles. The van der Waals surface area contributed by atoms with Gasteiger partial charge in [-0.3, -0.25) is 0 Å². The van der Waals surface area contributed by atoms with E-state index in [-0.39, 0.29) is 6.92 Å². The van der Waals surface area contributed by atoms with Crippen molar-refractivity contribution in [2.75, 3.05) is 0 Å². The standard InChI is InChI=1S/C10H8F6O/c1-6(9(12,13)14)10(15,16)17-8-5-3-2-4-7(8)11/h2-6H,1H3. The monoisotopic (exact) mass is 258 g/mol. The number of alkyl halides is 5. The van der Waals surface area contributed by atoms with Gasteiger partial charge in [-0.25, -0.2) is 4.39 Å². The number of ether oxygens (including phenoxy) is 1. The van der Waals surface area contributed by atoms with Crippen LogP contribution >= 0.6 is 0 Å². The molecule has 0 bridgehead atoms. The van der Waals surface area contributed by atoms with Gasteiger partial charge in [0.15, 0.2) is 17.5 Å². The van der Waals surface area contributed by atoms with Crippen LogP contribution in [-0.2, 0) is 0 Å². The summed E-state index contributed by atoms with van der Waals surface area (Å²) in [6, 6.07) is 4.01. The van der Waals surface area contributed by atoms with Gasteiger partial charge in [0, 0.05) is 0 Å². The largest absolute Gasteiger partial charge is 0.429 e. The first kappa shape index (κ1) is 13.7. The SMILES string of the molecule is CC(C(F)(F)F)C(F)(F)Oc1ccccc1F. The van der Waals surface area contributed by atoms with Crippen LogP contribution in [0.4, 0.5) is 26.3 Å². The average molecular weight is 258 g/mol. The fourth-order valence-electron chi connectivity index (χ4n) is 0.953. The molecule has 17 heavy (non-hydrogen) atoms. The Hall–Kier alpha value is -1.40. The van der Waals surface area contributed by atoms with E-state index in [0.29, 0.717) is 0 Å². The van der Waals surface area contributed by atoms with Crippen molar-refractivity contribution >= 4 is 0 Å². The summed E-state index contributed by atoms with van der Waals surface area (Å²) in [4.78, 5) is 0. The van der Waals surface area contributed by atoms with Gasteiger partial charge in [-0.1, -0.05) is 12.1 Å². The third-order valence-corrected chi connectivity index (χ3v) is 2.08. The molecule has 0 N–H and O–H groups in total.